The second kappa shape index (κ2) is 20.0. The average Bonchev–Trinajstić information content (AvgIpc) is 3.72. The summed E-state index contributed by atoms with van der Waals surface area (Å²) in [5, 5.41) is 10.9. The van der Waals surface area contributed by atoms with Crippen molar-refractivity contribution in [2.45, 2.75) is 45.4 Å². The van der Waals surface area contributed by atoms with Crippen LogP contribution in [0.3, 0.4) is 0 Å². The van der Waals surface area contributed by atoms with E-state index in [4.69, 9.17) is 14.3 Å². The Kier molecular flexibility index (Phi) is 15.8. The van der Waals surface area contributed by atoms with Gasteiger partial charge in [0.1, 0.15) is 12.1 Å². The van der Waals surface area contributed by atoms with Crippen LogP contribution in [-0.4, -0.2) is 97.7 Å². The number of H-pyrrole nitrogens is 1. The number of nitrogens with one attached hydrogen (secondary N) is 2. The first-order valence-corrected chi connectivity index (χ1v) is 15.8. The molecule has 0 radical (unpaired) electrons. The van der Waals surface area contributed by atoms with Crippen LogP contribution in [0, 0.1) is 13.8 Å². The van der Waals surface area contributed by atoms with Crippen molar-refractivity contribution in [3.63, 3.8) is 0 Å². The van der Waals surface area contributed by atoms with Crippen molar-refractivity contribution in [3.05, 3.63) is 81.9 Å². The fourth-order valence-electron chi connectivity index (χ4n) is 5.29. The van der Waals surface area contributed by atoms with Crippen LogP contribution in [0.5, 0.6) is 0 Å². The highest BCUT2D eigenvalue weighted by Crippen LogP contribution is 2.36. The summed E-state index contributed by atoms with van der Waals surface area (Å²) in [6.07, 6.45) is 10.7. The van der Waals surface area contributed by atoms with Crippen molar-refractivity contribution in [1.29, 1.82) is 0 Å². The monoisotopic (exact) mass is 645 g/mol. The van der Waals surface area contributed by atoms with Crippen molar-refractivity contribution in [3.8, 4) is 0 Å². The number of aryl methyl sites for hydroxylation is 3. The van der Waals surface area contributed by atoms with Crippen LogP contribution in [0.25, 0.3) is 10.9 Å². The molecule has 0 aliphatic heterocycles. The second-order valence-electron chi connectivity index (χ2n) is 11.6. The Hall–Kier alpha value is -4.36. The van der Waals surface area contributed by atoms with E-state index in [-0.39, 0.29) is 12.5 Å². The van der Waals surface area contributed by atoms with Gasteiger partial charge in [-0.15, -0.1) is 0 Å². The van der Waals surface area contributed by atoms with Gasteiger partial charge in [-0.05, 0) is 93.9 Å². The molecule has 0 fully saturated rings. The number of carbonyl (C=O) groups is 3. The van der Waals surface area contributed by atoms with E-state index in [2.05, 4.69) is 68.2 Å². The zero-order valence-electron chi connectivity index (χ0n) is 27.8. The van der Waals surface area contributed by atoms with Gasteiger partial charge in [-0.2, -0.15) is 5.10 Å². The number of nitrogens with two attached hydrogens (primary N) is 1. The van der Waals surface area contributed by atoms with Gasteiger partial charge in [0.15, 0.2) is 6.29 Å². The first-order valence-electron chi connectivity index (χ1n) is 15.8. The molecular weight excluding hydrogens is 598 g/mol. The maximum Gasteiger partial charge on any atom is 0.212 e. The molecular formula is C35H47N7O5. The Morgan fingerprint density at radius 2 is 1.74 bits per heavy atom. The molecule has 1 amide bonds. The van der Waals surface area contributed by atoms with Crippen LogP contribution in [0.1, 0.15) is 56.2 Å². The van der Waals surface area contributed by atoms with Crippen LogP contribution >= 0.6 is 0 Å². The molecule has 1 unspecified atom stereocenters. The number of aromatic amines is 1. The standard InChI is InChI=1S/C24H32N4O4.C9H10N2.C2H5NO/c1-28(2)5-7-32-9-8-31-6-3-4-18-11-22(24(26-14-18)27-17-30)20-12-21-10-19(16-29)15-25-23(21)13-20;1-6-3-7(2)9-8(4-6)5-10-11-9;3-1-2-4/h10-11,14-17,20H,3-9,12-13H2,1-2H3,(H,26,27,30);3-5H,1-2H3,(H,10,11);2H,1,3H2. The molecule has 4 N–H and O–H groups in total. The first-order chi connectivity index (χ1) is 22.8. The number of aromatic nitrogens is 4. The molecule has 1 aromatic carbocycles. The summed E-state index contributed by atoms with van der Waals surface area (Å²) in [5.41, 5.74) is 13.2. The van der Waals surface area contributed by atoms with Crippen molar-refractivity contribution in [1.82, 2.24) is 25.1 Å². The number of fused-ring (bicyclic) bond motifs is 2. The summed E-state index contributed by atoms with van der Waals surface area (Å²) in [6, 6.07) is 8.31. The van der Waals surface area contributed by atoms with Gasteiger partial charge in [0.05, 0.1) is 31.5 Å². The van der Waals surface area contributed by atoms with E-state index in [0.29, 0.717) is 50.5 Å². The second-order valence-corrected chi connectivity index (χ2v) is 11.6. The molecule has 1 atom stereocenters. The summed E-state index contributed by atoms with van der Waals surface area (Å²) in [4.78, 5) is 42.2. The quantitative estimate of drug-likeness (QED) is 0.129. The number of aldehydes is 2. The number of amides is 1. The van der Waals surface area contributed by atoms with E-state index in [1.807, 2.05) is 32.6 Å². The number of likely N-dealkylation sites (N-methyl/N-ethyl adjacent to an activating group) is 1. The zero-order chi connectivity index (χ0) is 34.0. The van der Waals surface area contributed by atoms with Gasteiger partial charge < -0.3 is 30.2 Å². The predicted octanol–water partition coefficient (Wildman–Crippen LogP) is 3.59. The predicted molar refractivity (Wildman–Crippen MR) is 183 cm³/mol. The van der Waals surface area contributed by atoms with E-state index in [1.165, 1.54) is 16.5 Å². The first kappa shape index (κ1) is 37.1. The van der Waals surface area contributed by atoms with Gasteiger partial charge in [-0.3, -0.25) is 19.7 Å². The number of anilines is 1. The summed E-state index contributed by atoms with van der Waals surface area (Å²) < 4.78 is 11.2. The van der Waals surface area contributed by atoms with Crippen LogP contribution in [-0.2, 0) is 38.3 Å². The third-order valence-corrected chi connectivity index (χ3v) is 7.53. The van der Waals surface area contributed by atoms with E-state index >= 15 is 0 Å². The fourth-order valence-corrected chi connectivity index (χ4v) is 5.29. The fraction of sp³-hybridized carbons (Fsp3) is 0.429. The number of ether oxygens (including phenoxy) is 2. The van der Waals surface area contributed by atoms with Crippen LogP contribution in [0.2, 0.25) is 0 Å². The molecule has 1 aliphatic rings. The van der Waals surface area contributed by atoms with Crippen LogP contribution in [0.15, 0.2) is 42.9 Å². The number of nitrogens with zero attached hydrogens (tertiary/aromatic N) is 4. The summed E-state index contributed by atoms with van der Waals surface area (Å²) >= 11 is 0. The molecule has 5 rings (SSSR count). The third kappa shape index (κ3) is 12.1. The van der Waals surface area contributed by atoms with Crippen LogP contribution in [0.4, 0.5) is 5.82 Å². The largest absolute Gasteiger partial charge is 0.379 e. The molecule has 12 nitrogen and oxygen atoms in total. The van der Waals surface area contributed by atoms with Gasteiger partial charge in [0.25, 0.3) is 0 Å². The smallest absolute Gasteiger partial charge is 0.212 e. The molecule has 12 heteroatoms. The Bertz CT molecular complexity index is 1570. The van der Waals surface area contributed by atoms with Gasteiger partial charge >= 0.3 is 0 Å². The summed E-state index contributed by atoms with van der Waals surface area (Å²) in [7, 11) is 4.04. The van der Waals surface area contributed by atoms with Gasteiger partial charge in [-0.25, -0.2) is 4.98 Å². The number of rotatable bonds is 15. The lowest BCUT2D eigenvalue weighted by molar-refractivity contribution is -0.107. The van der Waals surface area contributed by atoms with E-state index in [1.54, 1.807) is 6.20 Å². The molecule has 1 aliphatic carbocycles. The molecule has 0 saturated heterocycles. The summed E-state index contributed by atoms with van der Waals surface area (Å²) in [5.74, 6) is 0.758. The lowest BCUT2D eigenvalue weighted by Gasteiger charge is -2.15. The topological polar surface area (TPSA) is 165 Å². The number of hydrogen-bond donors (Lipinski definition) is 3. The van der Waals surface area contributed by atoms with Gasteiger partial charge in [0.2, 0.25) is 6.41 Å². The lowest BCUT2D eigenvalue weighted by Crippen LogP contribution is -2.19. The minimum atomic E-state index is 0.139. The highest BCUT2D eigenvalue weighted by atomic mass is 16.5. The van der Waals surface area contributed by atoms with E-state index in [0.717, 1.165) is 66.4 Å². The van der Waals surface area contributed by atoms with Crippen molar-refractivity contribution in [2.24, 2.45) is 5.73 Å². The van der Waals surface area contributed by atoms with E-state index in [9.17, 15) is 9.59 Å². The minimum absolute atomic E-state index is 0.139. The average molecular weight is 646 g/mol. The molecule has 0 saturated carbocycles. The van der Waals surface area contributed by atoms with Gasteiger partial charge in [0, 0.05) is 48.7 Å². The Morgan fingerprint density at radius 3 is 2.45 bits per heavy atom. The Labute approximate surface area is 276 Å². The maximum absolute atomic E-state index is 11.1. The molecule has 3 aromatic heterocycles. The van der Waals surface area contributed by atoms with Crippen molar-refractivity contribution in [2.75, 3.05) is 58.9 Å². The molecule has 3 heterocycles. The lowest BCUT2D eigenvalue weighted by atomic mass is 9.94. The van der Waals surface area contributed by atoms with E-state index < -0.39 is 0 Å². The highest BCUT2D eigenvalue weighted by molar-refractivity contribution is 5.81. The zero-order valence-corrected chi connectivity index (χ0v) is 27.8. The molecule has 0 spiro atoms. The molecule has 252 valence electrons. The van der Waals surface area contributed by atoms with Gasteiger partial charge in [-0.1, -0.05) is 17.7 Å². The van der Waals surface area contributed by atoms with Crippen LogP contribution < -0.4 is 11.1 Å². The highest BCUT2D eigenvalue weighted by Gasteiger charge is 2.27. The van der Waals surface area contributed by atoms with Crippen molar-refractivity contribution >= 4 is 35.7 Å². The summed E-state index contributed by atoms with van der Waals surface area (Å²) in [6.45, 7) is 7.80. The number of hydrogen-bond acceptors (Lipinski definition) is 10. The molecule has 4 aromatic rings. The molecule has 0 bridgehead atoms. The third-order valence-electron chi connectivity index (χ3n) is 7.53. The Morgan fingerprint density at radius 1 is 0.979 bits per heavy atom. The normalized spacial score (nSPS) is 13.3. The number of carbonyl (C=O) groups excluding carboxylic acids is 3. The molecule has 47 heavy (non-hydrogen) atoms. The number of benzene rings is 1. The SMILES string of the molecule is CN(C)CCOCCOCCCc1cnc(NC=O)c(C2Cc3cc(C=O)cnc3C2)c1.Cc1cc(C)c2[nH]ncc2c1.NCC=O. The number of pyridine rings is 2. The maximum atomic E-state index is 11.1. The minimum Gasteiger partial charge on any atom is -0.379 e. The Balaban J connectivity index is 0.000000327. The van der Waals surface area contributed by atoms with Crippen molar-refractivity contribution < 1.29 is 23.9 Å².